The molecule has 1 aliphatic carbocycles. The van der Waals surface area contributed by atoms with Crippen LogP contribution in [0.5, 0.6) is 0 Å². The number of hydrogen-bond acceptors (Lipinski definition) is 3. The SMILES string of the molecule is CNC(C)(C#N)CCCCN(C)CC1CCCCC1. The van der Waals surface area contributed by atoms with Crippen molar-refractivity contribution < 1.29 is 0 Å². The van der Waals surface area contributed by atoms with E-state index in [1.807, 2.05) is 14.0 Å². The van der Waals surface area contributed by atoms with E-state index < -0.39 is 0 Å². The minimum atomic E-state index is -0.345. The molecule has 0 spiro atoms. The first-order chi connectivity index (χ1) is 9.09. The van der Waals surface area contributed by atoms with Crippen molar-refractivity contribution in [2.45, 2.75) is 63.8 Å². The Morgan fingerprint density at radius 2 is 1.95 bits per heavy atom. The first-order valence-electron chi connectivity index (χ1n) is 7.88. The molecule has 3 heteroatoms. The fraction of sp³-hybridized carbons (Fsp3) is 0.938. The minimum Gasteiger partial charge on any atom is -0.306 e. The number of nitrogens with zero attached hydrogens (tertiary/aromatic N) is 2. The van der Waals surface area contributed by atoms with E-state index in [2.05, 4.69) is 23.3 Å². The Morgan fingerprint density at radius 1 is 1.26 bits per heavy atom. The zero-order valence-electron chi connectivity index (χ0n) is 13.0. The molecule has 0 saturated heterocycles. The summed E-state index contributed by atoms with van der Waals surface area (Å²) in [5.74, 6) is 0.931. The predicted octanol–water partition coefficient (Wildman–Crippen LogP) is 3.17. The maximum atomic E-state index is 9.09. The fourth-order valence-corrected chi connectivity index (χ4v) is 3.00. The zero-order valence-corrected chi connectivity index (χ0v) is 13.0. The van der Waals surface area contributed by atoms with E-state index in [4.69, 9.17) is 5.26 Å². The third kappa shape index (κ3) is 6.40. The molecule has 1 unspecified atom stereocenters. The first-order valence-corrected chi connectivity index (χ1v) is 7.88. The summed E-state index contributed by atoms with van der Waals surface area (Å²) in [6.07, 6.45) is 10.4. The molecule has 1 rings (SSSR count). The van der Waals surface area contributed by atoms with Crippen molar-refractivity contribution >= 4 is 0 Å². The van der Waals surface area contributed by atoms with Gasteiger partial charge in [-0.1, -0.05) is 19.3 Å². The molecule has 1 saturated carbocycles. The summed E-state index contributed by atoms with van der Waals surface area (Å²) in [5, 5.41) is 12.2. The second-order valence-electron chi connectivity index (χ2n) is 6.42. The highest BCUT2D eigenvalue weighted by Crippen LogP contribution is 2.24. The normalized spacial score (nSPS) is 20.2. The van der Waals surface area contributed by atoms with Gasteiger partial charge >= 0.3 is 0 Å². The van der Waals surface area contributed by atoms with Gasteiger partial charge in [0.15, 0.2) is 0 Å². The van der Waals surface area contributed by atoms with Crippen molar-refractivity contribution in [2.75, 3.05) is 27.2 Å². The van der Waals surface area contributed by atoms with Crippen LogP contribution in [-0.4, -0.2) is 37.6 Å². The average Bonchev–Trinajstić information content (AvgIpc) is 2.44. The summed E-state index contributed by atoms with van der Waals surface area (Å²) in [6.45, 7) is 4.42. The number of unbranched alkanes of at least 4 members (excludes halogenated alkanes) is 1. The summed E-state index contributed by atoms with van der Waals surface area (Å²) in [4.78, 5) is 2.49. The van der Waals surface area contributed by atoms with Crippen LogP contribution in [0.3, 0.4) is 0 Å². The highest BCUT2D eigenvalue weighted by Gasteiger charge is 2.20. The van der Waals surface area contributed by atoms with Crippen LogP contribution in [0.1, 0.15) is 58.3 Å². The van der Waals surface area contributed by atoms with Gasteiger partial charge in [-0.05, 0) is 65.6 Å². The number of hydrogen-bond donors (Lipinski definition) is 1. The third-order valence-corrected chi connectivity index (χ3v) is 4.56. The van der Waals surface area contributed by atoms with Gasteiger partial charge in [0.1, 0.15) is 5.54 Å². The lowest BCUT2D eigenvalue weighted by atomic mass is 9.89. The van der Waals surface area contributed by atoms with Gasteiger partial charge in [0.25, 0.3) is 0 Å². The van der Waals surface area contributed by atoms with Crippen LogP contribution in [0.25, 0.3) is 0 Å². The second kappa shape index (κ2) is 8.55. The molecule has 19 heavy (non-hydrogen) atoms. The Balaban J connectivity index is 2.10. The van der Waals surface area contributed by atoms with Gasteiger partial charge < -0.3 is 10.2 Å². The molecule has 1 atom stereocenters. The summed E-state index contributed by atoms with van der Waals surface area (Å²) < 4.78 is 0. The van der Waals surface area contributed by atoms with Gasteiger partial charge in [0, 0.05) is 6.54 Å². The standard InChI is InChI=1S/C16H31N3/c1-16(14-17,18-2)11-7-8-12-19(3)13-15-9-5-4-6-10-15/h15,18H,4-13H2,1-3H3. The van der Waals surface area contributed by atoms with E-state index in [1.54, 1.807) is 0 Å². The van der Waals surface area contributed by atoms with Gasteiger partial charge in [-0.15, -0.1) is 0 Å². The molecule has 0 aromatic carbocycles. The van der Waals surface area contributed by atoms with E-state index in [9.17, 15) is 0 Å². The molecule has 0 aromatic rings. The van der Waals surface area contributed by atoms with Gasteiger partial charge in [-0.25, -0.2) is 0 Å². The Bertz CT molecular complexity index is 278. The molecule has 0 amide bonds. The topological polar surface area (TPSA) is 39.1 Å². The summed E-state index contributed by atoms with van der Waals surface area (Å²) in [7, 11) is 4.12. The molecule has 0 aromatic heterocycles. The maximum absolute atomic E-state index is 9.09. The van der Waals surface area contributed by atoms with Crippen molar-refractivity contribution in [3.63, 3.8) is 0 Å². The van der Waals surface area contributed by atoms with Crippen LogP contribution < -0.4 is 5.32 Å². The molecular formula is C16H31N3. The van der Waals surface area contributed by atoms with Crippen LogP contribution in [-0.2, 0) is 0 Å². The quantitative estimate of drug-likeness (QED) is 0.685. The minimum absolute atomic E-state index is 0.345. The summed E-state index contributed by atoms with van der Waals surface area (Å²) in [5.41, 5.74) is -0.345. The molecule has 0 heterocycles. The molecule has 0 radical (unpaired) electrons. The summed E-state index contributed by atoms with van der Waals surface area (Å²) in [6, 6.07) is 2.36. The fourth-order valence-electron chi connectivity index (χ4n) is 3.00. The highest BCUT2D eigenvalue weighted by atomic mass is 15.1. The van der Waals surface area contributed by atoms with E-state index >= 15 is 0 Å². The molecule has 0 aliphatic heterocycles. The lowest BCUT2D eigenvalue weighted by Crippen LogP contribution is -2.38. The maximum Gasteiger partial charge on any atom is 0.103 e. The molecule has 0 bridgehead atoms. The van der Waals surface area contributed by atoms with Crippen LogP contribution in [0.4, 0.5) is 0 Å². The first kappa shape index (κ1) is 16.5. The van der Waals surface area contributed by atoms with Gasteiger partial charge in [0.2, 0.25) is 0 Å². The smallest absolute Gasteiger partial charge is 0.103 e. The van der Waals surface area contributed by atoms with Crippen LogP contribution >= 0.6 is 0 Å². The number of nitriles is 1. The lowest BCUT2D eigenvalue weighted by Gasteiger charge is -2.27. The van der Waals surface area contributed by atoms with Crippen LogP contribution in [0, 0.1) is 17.2 Å². The monoisotopic (exact) mass is 265 g/mol. The van der Waals surface area contributed by atoms with Crippen molar-refractivity contribution in [3.05, 3.63) is 0 Å². The van der Waals surface area contributed by atoms with E-state index in [0.717, 1.165) is 18.8 Å². The van der Waals surface area contributed by atoms with Crippen molar-refractivity contribution in [1.29, 1.82) is 5.26 Å². The molecule has 110 valence electrons. The van der Waals surface area contributed by atoms with E-state index in [0.29, 0.717) is 0 Å². The lowest BCUT2D eigenvalue weighted by molar-refractivity contribution is 0.228. The Labute approximate surface area is 119 Å². The second-order valence-corrected chi connectivity index (χ2v) is 6.42. The molecule has 1 N–H and O–H groups in total. The average molecular weight is 265 g/mol. The molecular weight excluding hydrogens is 234 g/mol. The van der Waals surface area contributed by atoms with Crippen LogP contribution in [0.2, 0.25) is 0 Å². The van der Waals surface area contributed by atoms with Crippen molar-refractivity contribution in [1.82, 2.24) is 10.2 Å². The third-order valence-electron chi connectivity index (χ3n) is 4.56. The zero-order chi connectivity index (χ0) is 14.1. The Hall–Kier alpha value is -0.590. The van der Waals surface area contributed by atoms with Gasteiger partial charge in [-0.3, -0.25) is 0 Å². The Kier molecular flexibility index (Phi) is 7.41. The van der Waals surface area contributed by atoms with E-state index in [-0.39, 0.29) is 5.54 Å². The van der Waals surface area contributed by atoms with Crippen molar-refractivity contribution in [3.8, 4) is 6.07 Å². The van der Waals surface area contributed by atoms with Crippen LogP contribution in [0.15, 0.2) is 0 Å². The molecule has 1 aliphatic rings. The number of nitrogens with one attached hydrogen (secondary N) is 1. The van der Waals surface area contributed by atoms with Gasteiger partial charge in [0.05, 0.1) is 6.07 Å². The highest BCUT2D eigenvalue weighted by molar-refractivity contribution is 5.02. The van der Waals surface area contributed by atoms with E-state index in [1.165, 1.54) is 51.6 Å². The predicted molar refractivity (Wildman–Crippen MR) is 81.0 cm³/mol. The summed E-state index contributed by atoms with van der Waals surface area (Å²) >= 11 is 0. The van der Waals surface area contributed by atoms with Crippen molar-refractivity contribution in [2.24, 2.45) is 5.92 Å². The Morgan fingerprint density at radius 3 is 2.53 bits per heavy atom. The van der Waals surface area contributed by atoms with Gasteiger partial charge in [-0.2, -0.15) is 5.26 Å². The largest absolute Gasteiger partial charge is 0.306 e. The number of rotatable bonds is 8. The molecule has 1 fully saturated rings. The molecule has 3 nitrogen and oxygen atoms in total.